The highest BCUT2D eigenvalue weighted by atomic mass is 16.3. The molecule has 3 heterocycles. The average Bonchev–Trinajstić information content (AvgIpc) is 3.28. The van der Waals surface area contributed by atoms with Crippen LogP contribution in [-0.4, -0.2) is 44.6 Å². The van der Waals surface area contributed by atoms with E-state index in [9.17, 15) is 9.90 Å². The SMILES string of the molecule is O=C(Cc1c[nH]c2ncccc12)N1CCCC1(CO)Cc1ccccc1. The van der Waals surface area contributed by atoms with Gasteiger partial charge in [-0.25, -0.2) is 4.98 Å². The Kier molecular flexibility index (Phi) is 4.47. The van der Waals surface area contributed by atoms with Gasteiger partial charge < -0.3 is 15.0 Å². The molecular weight excluding hydrogens is 326 g/mol. The minimum Gasteiger partial charge on any atom is -0.394 e. The number of aliphatic hydroxyl groups is 1. The second-order valence-corrected chi connectivity index (χ2v) is 7.08. The molecule has 0 spiro atoms. The van der Waals surface area contributed by atoms with Gasteiger partial charge in [-0.05, 0) is 42.5 Å². The number of likely N-dealkylation sites (tertiary alicyclic amines) is 1. The zero-order valence-corrected chi connectivity index (χ0v) is 14.7. The highest BCUT2D eigenvalue weighted by Gasteiger charge is 2.43. The maximum absolute atomic E-state index is 13.1. The van der Waals surface area contributed by atoms with Crippen molar-refractivity contribution >= 4 is 16.9 Å². The molecule has 0 aliphatic carbocycles. The highest BCUT2D eigenvalue weighted by molar-refractivity contribution is 5.87. The van der Waals surface area contributed by atoms with E-state index in [4.69, 9.17) is 0 Å². The van der Waals surface area contributed by atoms with E-state index in [1.807, 2.05) is 41.4 Å². The number of amides is 1. The normalized spacial score (nSPS) is 20.0. The zero-order valence-electron chi connectivity index (χ0n) is 14.7. The number of hydrogen-bond acceptors (Lipinski definition) is 3. The molecule has 2 N–H and O–H groups in total. The molecule has 1 aromatic carbocycles. The fourth-order valence-electron chi connectivity index (χ4n) is 4.12. The first-order valence-electron chi connectivity index (χ1n) is 9.08. The van der Waals surface area contributed by atoms with Crippen LogP contribution in [0.25, 0.3) is 11.0 Å². The van der Waals surface area contributed by atoms with Crippen LogP contribution in [0.2, 0.25) is 0 Å². The summed E-state index contributed by atoms with van der Waals surface area (Å²) >= 11 is 0. The molecule has 5 heteroatoms. The number of pyridine rings is 1. The monoisotopic (exact) mass is 349 g/mol. The van der Waals surface area contributed by atoms with Crippen LogP contribution in [0.4, 0.5) is 0 Å². The number of H-pyrrole nitrogens is 1. The topological polar surface area (TPSA) is 69.2 Å². The van der Waals surface area contributed by atoms with Crippen LogP contribution in [0.5, 0.6) is 0 Å². The first kappa shape index (κ1) is 16.8. The van der Waals surface area contributed by atoms with Gasteiger partial charge in [0.05, 0.1) is 18.6 Å². The lowest BCUT2D eigenvalue weighted by molar-refractivity contribution is -0.136. The largest absolute Gasteiger partial charge is 0.394 e. The number of aliphatic hydroxyl groups excluding tert-OH is 1. The summed E-state index contributed by atoms with van der Waals surface area (Å²) in [5, 5.41) is 11.2. The van der Waals surface area contributed by atoms with E-state index in [0.29, 0.717) is 19.4 Å². The number of aromatic amines is 1. The lowest BCUT2D eigenvalue weighted by atomic mass is 9.88. The number of carbonyl (C=O) groups excluding carboxylic acids is 1. The molecule has 0 bridgehead atoms. The van der Waals surface area contributed by atoms with E-state index in [2.05, 4.69) is 22.1 Å². The van der Waals surface area contributed by atoms with E-state index >= 15 is 0 Å². The van der Waals surface area contributed by atoms with Crippen LogP contribution in [-0.2, 0) is 17.6 Å². The second-order valence-electron chi connectivity index (χ2n) is 7.08. The molecule has 1 saturated heterocycles. The van der Waals surface area contributed by atoms with Crippen molar-refractivity contribution in [2.24, 2.45) is 0 Å². The Bertz CT molecular complexity index is 906. The maximum atomic E-state index is 13.1. The Hall–Kier alpha value is -2.66. The molecular formula is C21H23N3O2. The van der Waals surface area contributed by atoms with Crippen molar-refractivity contribution in [1.82, 2.24) is 14.9 Å². The third-order valence-electron chi connectivity index (χ3n) is 5.45. The second kappa shape index (κ2) is 6.92. The van der Waals surface area contributed by atoms with Crippen LogP contribution < -0.4 is 0 Å². The number of aromatic nitrogens is 2. The fourth-order valence-corrected chi connectivity index (χ4v) is 4.12. The number of nitrogens with zero attached hydrogens (tertiary/aromatic N) is 2. The Morgan fingerprint density at radius 2 is 2.08 bits per heavy atom. The predicted octanol–water partition coefficient (Wildman–Crippen LogP) is 2.70. The van der Waals surface area contributed by atoms with Gasteiger partial charge in [-0.2, -0.15) is 0 Å². The van der Waals surface area contributed by atoms with Crippen molar-refractivity contribution in [3.8, 4) is 0 Å². The standard InChI is InChI=1S/C21H23N3O2/c25-15-21(13-16-6-2-1-3-7-16)9-5-11-24(21)19(26)12-17-14-23-20-18(17)8-4-10-22-20/h1-4,6-8,10,14,25H,5,9,11-13,15H2,(H,22,23). The minimum absolute atomic E-state index is 0.0108. The van der Waals surface area contributed by atoms with Crippen molar-refractivity contribution < 1.29 is 9.90 Å². The summed E-state index contributed by atoms with van der Waals surface area (Å²) in [5.41, 5.74) is 2.41. The number of hydrogen-bond donors (Lipinski definition) is 2. The molecule has 1 unspecified atom stereocenters. The number of carbonyl (C=O) groups is 1. The van der Waals surface area contributed by atoms with Crippen molar-refractivity contribution in [1.29, 1.82) is 0 Å². The lowest BCUT2D eigenvalue weighted by Crippen LogP contribution is -2.52. The molecule has 3 aromatic rings. The van der Waals surface area contributed by atoms with Crippen LogP contribution in [0.1, 0.15) is 24.0 Å². The Morgan fingerprint density at radius 1 is 1.23 bits per heavy atom. The Balaban J connectivity index is 1.57. The summed E-state index contributed by atoms with van der Waals surface area (Å²) in [6, 6.07) is 14.0. The molecule has 1 aliphatic heterocycles. The lowest BCUT2D eigenvalue weighted by Gasteiger charge is -2.37. The smallest absolute Gasteiger partial charge is 0.227 e. The van der Waals surface area contributed by atoms with Crippen LogP contribution in [0.3, 0.4) is 0 Å². The maximum Gasteiger partial charge on any atom is 0.227 e. The van der Waals surface area contributed by atoms with Crippen molar-refractivity contribution in [3.05, 3.63) is 66.0 Å². The number of benzene rings is 1. The molecule has 2 aromatic heterocycles. The summed E-state index contributed by atoms with van der Waals surface area (Å²) < 4.78 is 0. The fraction of sp³-hybridized carbons (Fsp3) is 0.333. The van der Waals surface area contributed by atoms with Crippen molar-refractivity contribution in [2.75, 3.05) is 13.2 Å². The van der Waals surface area contributed by atoms with Gasteiger partial charge in [0, 0.05) is 24.3 Å². The van der Waals surface area contributed by atoms with Gasteiger partial charge in [0.2, 0.25) is 5.91 Å². The van der Waals surface area contributed by atoms with Gasteiger partial charge in [0.15, 0.2) is 0 Å². The van der Waals surface area contributed by atoms with Gasteiger partial charge >= 0.3 is 0 Å². The summed E-state index contributed by atoms with van der Waals surface area (Å²) in [5.74, 6) is 0.0669. The van der Waals surface area contributed by atoms with E-state index in [1.165, 1.54) is 0 Å². The third-order valence-corrected chi connectivity index (χ3v) is 5.45. The summed E-state index contributed by atoms with van der Waals surface area (Å²) in [6.07, 6.45) is 6.37. The van der Waals surface area contributed by atoms with Crippen LogP contribution in [0.15, 0.2) is 54.9 Å². The van der Waals surface area contributed by atoms with Crippen molar-refractivity contribution in [3.63, 3.8) is 0 Å². The Morgan fingerprint density at radius 3 is 2.88 bits per heavy atom. The quantitative estimate of drug-likeness (QED) is 0.744. The number of rotatable bonds is 5. The summed E-state index contributed by atoms with van der Waals surface area (Å²) in [6.45, 7) is 0.690. The number of nitrogens with one attached hydrogen (secondary N) is 1. The minimum atomic E-state index is -0.497. The summed E-state index contributed by atoms with van der Waals surface area (Å²) in [4.78, 5) is 22.4. The predicted molar refractivity (Wildman–Crippen MR) is 101 cm³/mol. The van der Waals surface area contributed by atoms with Gasteiger partial charge in [-0.15, -0.1) is 0 Å². The van der Waals surface area contributed by atoms with Gasteiger partial charge in [-0.3, -0.25) is 4.79 Å². The third kappa shape index (κ3) is 2.99. The average molecular weight is 349 g/mol. The molecule has 1 atom stereocenters. The molecule has 1 amide bonds. The van der Waals surface area contributed by atoms with Gasteiger partial charge in [-0.1, -0.05) is 30.3 Å². The van der Waals surface area contributed by atoms with E-state index in [-0.39, 0.29) is 12.5 Å². The molecule has 1 fully saturated rings. The molecule has 0 radical (unpaired) electrons. The van der Waals surface area contributed by atoms with Gasteiger partial charge in [0.1, 0.15) is 5.65 Å². The van der Waals surface area contributed by atoms with Crippen LogP contribution >= 0.6 is 0 Å². The molecule has 0 saturated carbocycles. The van der Waals surface area contributed by atoms with E-state index in [0.717, 1.165) is 35.0 Å². The number of fused-ring (bicyclic) bond motifs is 1. The Labute approximate surface area is 152 Å². The first-order chi connectivity index (χ1) is 12.7. The first-order valence-corrected chi connectivity index (χ1v) is 9.08. The molecule has 134 valence electrons. The molecule has 26 heavy (non-hydrogen) atoms. The summed E-state index contributed by atoms with van der Waals surface area (Å²) in [7, 11) is 0. The zero-order chi connectivity index (χ0) is 18.0. The van der Waals surface area contributed by atoms with Crippen LogP contribution in [0, 0.1) is 0 Å². The van der Waals surface area contributed by atoms with E-state index in [1.54, 1.807) is 6.20 Å². The molecule has 5 nitrogen and oxygen atoms in total. The molecule has 4 rings (SSSR count). The van der Waals surface area contributed by atoms with E-state index < -0.39 is 5.54 Å². The van der Waals surface area contributed by atoms with Gasteiger partial charge in [0.25, 0.3) is 0 Å². The highest BCUT2D eigenvalue weighted by Crippen LogP contribution is 2.33. The molecule has 1 aliphatic rings. The van der Waals surface area contributed by atoms with Crippen molar-refractivity contribution in [2.45, 2.75) is 31.2 Å².